The van der Waals surface area contributed by atoms with Crippen LogP contribution in [0.3, 0.4) is 0 Å². The average molecular weight is 307 g/mol. The van der Waals surface area contributed by atoms with E-state index in [1.54, 1.807) is 0 Å². The fraction of sp³-hybridized carbons (Fsp3) is 0.375. The van der Waals surface area contributed by atoms with Gasteiger partial charge >= 0.3 is 0 Å². The average Bonchev–Trinajstić information content (AvgIpc) is 2.68. The van der Waals surface area contributed by atoms with Crippen molar-refractivity contribution in [3.05, 3.63) is 41.4 Å². The molecule has 1 aliphatic rings. The zero-order valence-corrected chi connectivity index (χ0v) is 12.5. The fourth-order valence-corrected chi connectivity index (χ4v) is 2.18. The topological polar surface area (TPSA) is 66.8 Å². The maximum Gasteiger partial charge on any atom is 0.296 e. The lowest BCUT2D eigenvalue weighted by molar-refractivity contribution is -0.138. The van der Waals surface area contributed by atoms with Crippen LogP contribution in [0.25, 0.3) is 5.57 Å². The second kappa shape index (κ2) is 6.70. The highest BCUT2D eigenvalue weighted by Gasteiger charge is 2.38. The van der Waals surface area contributed by atoms with Gasteiger partial charge in [0.25, 0.3) is 11.8 Å². The Hall–Kier alpha value is -2.21. The number of hydrogen-bond donors (Lipinski definition) is 1. The number of rotatable bonds is 6. The van der Waals surface area contributed by atoms with Gasteiger partial charge in [-0.2, -0.15) is 0 Å². The van der Waals surface area contributed by atoms with E-state index in [0.717, 1.165) is 4.90 Å². The molecule has 6 heteroatoms. The molecule has 0 atom stereocenters. The number of ether oxygens (including phenoxy) is 1. The Morgan fingerprint density at radius 3 is 2.41 bits per heavy atom. The van der Waals surface area contributed by atoms with Gasteiger partial charge in [0, 0.05) is 13.2 Å². The van der Waals surface area contributed by atoms with Crippen molar-refractivity contribution in [1.29, 1.82) is 0 Å². The van der Waals surface area contributed by atoms with Crippen LogP contribution in [0, 0.1) is 5.82 Å². The lowest BCUT2D eigenvalue weighted by Gasteiger charge is -2.15. The van der Waals surface area contributed by atoms with E-state index in [1.807, 2.05) is 13.8 Å². The predicted octanol–water partition coefficient (Wildman–Crippen LogP) is 2.28. The summed E-state index contributed by atoms with van der Waals surface area (Å²) in [5.41, 5.74) is 0.230. The van der Waals surface area contributed by atoms with Gasteiger partial charge in [-0.1, -0.05) is 12.1 Å². The van der Waals surface area contributed by atoms with Crippen LogP contribution in [0.1, 0.15) is 25.8 Å². The Morgan fingerprint density at radius 1 is 1.18 bits per heavy atom. The normalized spacial score (nSPS) is 15.4. The highest BCUT2D eigenvalue weighted by Crippen LogP contribution is 2.28. The number of halogens is 1. The van der Waals surface area contributed by atoms with E-state index in [2.05, 4.69) is 0 Å². The van der Waals surface area contributed by atoms with Crippen LogP contribution in [0.4, 0.5) is 4.39 Å². The molecule has 0 spiro atoms. The molecule has 118 valence electrons. The Bertz CT molecular complexity index is 607. The minimum absolute atomic E-state index is 0.0753. The van der Waals surface area contributed by atoms with Crippen LogP contribution >= 0.6 is 0 Å². The maximum absolute atomic E-state index is 12.9. The third kappa shape index (κ3) is 3.33. The predicted molar refractivity (Wildman–Crippen MR) is 78.4 cm³/mol. The molecule has 1 N–H and O–H groups in total. The number of nitrogens with zero attached hydrogens (tertiary/aromatic N) is 1. The van der Waals surface area contributed by atoms with Crippen molar-refractivity contribution >= 4 is 17.4 Å². The van der Waals surface area contributed by atoms with E-state index in [4.69, 9.17) is 4.74 Å². The van der Waals surface area contributed by atoms with Crippen LogP contribution < -0.4 is 0 Å². The van der Waals surface area contributed by atoms with Gasteiger partial charge in [0.05, 0.1) is 11.7 Å². The van der Waals surface area contributed by atoms with Crippen molar-refractivity contribution in [2.75, 3.05) is 13.2 Å². The molecule has 0 saturated carbocycles. The van der Waals surface area contributed by atoms with E-state index in [-0.39, 0.29) is 18.2 Å². The molecule has 0 radical (unpaired) electrons. The van der Waals surface area contributed by atoms with Gasteiger partial charge in [-0.15, -0.1) is 0 Å². The van der Waals surface area contributed by atoms with Crippen LogP contribution in [0.2, 0.25) is 0 Å². The van der Waals surface area contributed by atoms with Crippen LogP contribution in [0.5, 0.6) is 0 Å². The summed E-state index contributed by atoms with van der Waals surface area (Å²) in [6, 6.07) is 5.06. The van der Waals surface area contributed by atoms with Gasteiger partial charge in [0.2, 0.25) is 0 Å². The molecular formula is C16H18FNO4. The van der Waals surface area contributed by atoms with E-state index < -0.39 is 23.4 Å². The third-order valence-corrected chi connectivity index (χ3v) is 3.25. The summed E-state index contributed by atoms with van der Waals surface area (Å²) in [6.07, 6.45) is 0.561. The van der Waals surface area contributed by atoms with Crippen LogP contribution in [-0.2, 0) is 14.3 Å². The number of amides is 2. The van der Waals surface area contributed by atoms with Gasteiger partial charge < -0.3 is 9.84 Å². The molecule has 2 amide bonds. The number of imide groups is 1. The van der Waals surface area contributed by atoms with Crippen molar-refractivity contribution < 1.29 is 23.8 Å². The lowest BCUT2D eigenvalue weighted by Crippen LogP contribution is -2.33. The lowest BCUT2D eigenvalue weighted by atomic mass is 10.1. The van der Waals surface area contributed by atoms with Crippen molar-refractivity contribution in [1.82, 2.24) is 4.90 Å². The first-order chi connectivity index (χ1) is 10.4. The smallest absolute Gasteiger partial charge is 0.296 e. The minimum atomic E-state index is -0.728. The highest BCUT2D eigenvalue weighted by molar-refractivity contribution is 6.34. The summed E-state index contributed by atoms with van der Waals surface area (Å²) >= 11 is 0. The zero-order chi connectivity index (χ0) is 16.3. The van der Waals surface area contributed by atoms with Crippen molar-refractivity contribution in [3.63, 3.8) is 0 Å². The summed E-state index contributed by atoms with van der Waals surface area (Å²) < 4.78 is 18.3. The van der Waals surface area contributed by atoms with Gasteiger partial charge in [0.1, 0.15) is 5.82 Å². The molecule has 0 aliphatic carbocycles. The van der Waals surface area contributed by atoms with E-state index in [9.17, 15) is 19.1 Å². The molecule has 0 unspecified atom stereocenters. The Kier molecular flexibility index (Phi) is 4.92. The summed E-state index contributed by atoms with van der Waals surface area (Å²) in [5.74, 6) is -2.35. The van der Waals surface area contributed by atoms with Crippen molar-refractivity contribution in [2.24, 2.45) is 0 Å². The molecule has 0 bridgehead atoms. The molecule has 2 rings (SSSR count). The molecule has 0 aromatic heterocycles. The van der Waals surface area contributed by atoms with Gasteiger partial charge in [-0.25, -0.2) is 4.39 Å². The number of carbonyl (C=O) groups excluding carboxylic acids is 2. The molecular weight excluding hydrogens is 289 g/mol. The molecule has 1 aromatic rings. The third-order valence-electron chi connectivity index (χ3n) is 3.25. The second-order valence-electron chi connectivity index (χ2n) is 5.27. The van der Waals surface area contributed by atoms with Crippen molar-refractivity contribution in [3.8, 4) is 0 Å². The van der Waals surface area contributed by atoms with Crippen LogP contribution in [0.15, 0.2) is 30.0 Å². The molecule has 0 saturated heterocycles. The number of aliphatic hydroxyl groups is 1. The number of benzene rings is 1. The molecule has 5 nitrogen and oxygen atoms in total. The van der Waals surface area contributed by atoms with Crippen molar-refractivity contribution in [2.45, 2.75) is 26.4 Å². The first-order valence-corrected chi connectivity index (χ1v) is 7.08. The number of aliphatic hydroxyl groups excluding tert-OH is 1. The maximum atomic E-state index is 12.9. The standard InChI is InChI=1S/C16H18FNO4/c1-10(2)22-9-3-8-18-15(20)13(14(19)16(18)21)11-4-6-12(17)7-5-11/h4-7,10,19H,3,8-9H2,1-2H3. The Morgan fingerprint density at radius 2 is 1.82 bits per heavy atom. The molecule has 1 aliphatic heterocycles. The van der Waals surface area contributed by atoms with E-state index >= 15 is 0 Å². The number of hydrogen-bond acceptors (Lipinski definition) is 4. The van der Waals surface area contributed by atoms with Gasteiger partial charge in [0.15, 0.2) is 5.76 Å². The fourth-order valence-electron chi connectivity index (χ4n) is 2.18. The Labute approximate surface area is 128 Å². The Balaban J connectivity index is 2.08. The van der Waals surface area contributed by atoms with Crippen LogP contribution in [-0.4, -0.2) is 41.1 Å². The molecule has 22 heavy (non-hydrogen) atoms. The van der Waals surface area contributed by atoms with E-state index in [1.165, 1.54) is 24.3 Å². The first kappa shape index (κ1) is 16.2. The quantitative estimate of drug-likeness (QED) is 0.647. The minimum Gasteiger partial charge on any atom is -0.502 e. The summed E-state index contributed by atoms with van der Waals surface area (Å²) in [6.45, 7) is 4.37. The largest absolute Gasteiger partial charge is 0.502 e. The first-order valence-electron chi connectivity index (χ1n) is 7.08. The van der Waals surface area contributed by atoms with Gasteiger partial charge in [-0.3, -0.25) is 14.5 Å². The zero-order valence-electron chi connectivity index (χ0n) is 12.5. The summed E-state index contributed by atoms with van der Waals surface area (Å²) in [4.78, 5) is 25.3. The van der Waals surface area contributed by atoms with E-state index in [0.29, 0.717) is 18.6 Å². The monoisotopic (exact) mass is 307 g/mol. The highest BCUT2D eigenvalue weighted by atomic mass is 19.1. The SMILES string of the molecule is CC(C)OCCCN1C(=O)C(O)=C(c2ccc(F)cc2)C1=O. The summed E-state index contributed by atoms with van der Waals surface area (Å²) in [5, 5.41) is 9.91. The second-order valence-corrected chi connectivity index (χ2v) is 5.27. The molecule has 1 aromatic carbocycles. The number of carbonyl (C=O) groups is 2. The van der Waals surface area contributed by atoms with Gasteiger partial charge in [-0.05, 0) is 38.0 Å². The molecule has 0 fully saturated rings. The summed E-state index contributed by atoms with van der Waals surface area (Å²) in [7, 11) is 0. The molecule has 1 heterocycles.